The number of carbonyl (C=O) groups excluding carboxylic acids is 1. The Kier molecular flexibility index (Phi) is 5.76. The van der Waals surface area contributed by atoms with Gasteiger partial charge in [-0.15, -0.1) is 0 Å². The summed E-state index contributed by atoms with van der Waals surface area (Å²) in [7, 11) is 1.66. The molecule has 0 aliphatic carbocycles. The standard InChI is InChI=1S/C23H22F2N8O2/c1-13-17(5-15(24)9-27-13)20-3-4-29-33(20)23(34)32-11-16(12-32)35-21-6-19(28-10-18(21)25)22-14(7-26)8-30-31(22)2/h4-6,8-10,13,16-17,20H,3,11-12H2,1-2H3/t13?,17?,20-/m0/s1. The fourth-order valence-electron chi connectivity index (χ4n) is 4.48. The van der Waals surface area contributed by atoms with Crippen molar-refractivity contribution in [3.63, 3.8) is 0 Å². The van der Waals surface area contributed by atoms with E-state index in [1.54, 1.807) is 18.2 Å². The number of hydrazone groups is 1. The van der Waals surface area contributed by atoms with Crippen molar-refractivity contribution < 1.29 is 18.3 Å². The van der Waals surface area contributed by atoms with Crippen LogP contribution in [-0.2, 0) is 7.05 Å². The molecule has 0 aromatic carbocycles. The molecule has 3 aliphatic rings. The van der Waals surface area contributed by atoms with E-state index in [4.69, 9.17) is 4.74 Å². The molecule has 1 fully saturated rings. The van der Waals surface area contributed by atoms with Crippen LogP contribution in [0.15, 0.2) is 40.5 Å². The highest BCUT2D eigenvalue weighted by Gasteiger charge is 2.42. The molecule has 2 unspecified atom stereocenters. The summed E-state index contributed by atoms with van der Waals surface area (Å²) in [4.78, 5) is 22.8. The molecule has 180 valence electrons. The van der Waals surface area contributed by atoms with Gasteiger partial charge < -0.3 is 9.64 Å². The molecule has 0 spiro atoms. The summed E-state index contributed by atoms with van der Waals surface area (Å²) in [6, 6.07) is 2.65. The van der Waals surface area contributed by atoms with Crippen LogP contribution in [0.5, 0.6) is 5.75 Å². The van der Waals surface area contributed by atoms with Gasteiger partial charge in [0.2, 0.25) is 0 Å². The highest BCUT2D eigenvalue weighted by atomic mass is 19.1. The zero-order chi connectivity index (χ0) is 24.7. The second-order valence-electron chi connectivity index (χ2n) is 8.66. The van der Waals surface area contributed by atoms with E-state index in [2.05, 4.69) is 20.2 Å². The molecule has 0 saturated carbocycles. The molecule has 0 bridgehead atoms. The summed E-state index contributed by atoms with van der Waals surface area (Å²) in [5.41, 5.74) is 1.11. The molecule has 35 heavy (non-hydrogen) atoms. The quantitative estimate of drug-likeness (QED) is 0.668. The van der Waals surface area contributed by atoms with Crippen LogP contribution in [0, 0.1) is 23.1 Å². The van der Waals surface area contributed by atoms with Crippen molar-refractivity contribution in [3.8, 4) is 23.2 Å². The Bertz CT molecular complexity index is 1290. The van der Waals surface area contributed by atoms with Gasteiger partial charge in [0.25, 0.3) is 0 Å². The predicted octanol–water partition coefficient (Wildman–Crippen LogP) is 2.68. The monoisotopic (exact) mass is 480 g/mol. The second-order valence-corrected chi connectivity index (χ2v) is 8.66. The number of pyridine rings is 1. The van der Waals surface area contributed by atoms with Gasteiger partial charge in [0.1, 0.15) is 23.7 Å². The van der Waals surface area contributed by atoms with Gasteiger partial charge in [-0.1, -0.05) is 0 Å². The Balaban J connectivity index is 1.24. The predicted molar refractivity (Wildman–Crippen MR) is 122 cm³/mol. The van der Waals surface area contributed by atoms with E-state index in [1.807, 2.05) is 13.0 Å². The van der Waals surface area contributed by atoms with Gasteiger partial charge in [0.15, 0.2) is 11.6 Å². The van der Waals surface area contributed by atoms with Crippen LogP contribution in [0.3, 0.4) is 0 Å². The number of aromatic nitrogens is 3. The zero-order valence-corrected chi connectivity index (χ0v) is 19.0. The van der Waals surface area contributed by atoms with E-state index in [1.165, 1.54) is 34.2 Å². The number of amides is 2. The minimum absolute atomic E-state index is 0.0243. The lowest BCUT2D eigenvalue weighted by Crippen LogP contribution is -2.60. The van der Waals surface area contributed by atoms with E-state index in [0.717, 1.165) is 6.20 Å². The van der Waals surface area contributed by atoms with Crippen LogP contribution in [0.1, 0.15) is 18.9 Å². The van der Waals surface area contributed by atoms with Crippen LogP contribution in [0.25, 0.3) is 11.4 Å². The van der Waals surface area contributed by atoms with Crippen molar-refractivity contribution in [2.75, 3.05) is 13.1 Å². The molecular formula is C23H22F2N8O2. The summed E-state index contributed by atoms with van der Waals surface area (Å²) in [5, 5.41) is 18.9. The van der Waals surface area contributed by atoms with E-state index in [-0.39, 0.29) is 42.9 Å². The first-order valence-corrected chi connectivity index (χ1v) is 11.1. The highest BCUT2D eigenvalue weighted by molar-refractivity contribution is 5.80. The molecule has 10 nitrogen and oxygen atoms in total. The molecule has 2 aromatic rings. The number of likely N-dealkylation sites (tertiary alicyclic amines) is 1. The van der Waals surface area contributed by atoms with Crippen molar-refractivity contribution in [1.29, 1.82) is 5.26 Å². The maximum atomic E-state index is 14.4. The highest BCUT2D eigenvalue weighted by Crippen LogP contribution is 2.31. The van der Waals surface area contributed by atoms with Crippen molar-refractivity contribution in [3.05, 3.63) is 41.7 Å². The number of urea groups is 1. The van der Waals surface area contributed by atoms with E-state index in [9.17, 15) is 18.8 Å². The number of halogens is 2. The molecule has 1 saturated heterocycles. The lowest BCUT2D eigenvalue weighted by molar-refractivity contribution is 0.0232. The summed E-state index contributed by atoms with van der Waals surface area (Å²) in [5.74, 6) is -1.38. The fourth-order valence-corrected chi connectivity index (χ4v) is 4.48. The van der Waals surface area contributed by atoms with Gasteiger partial charge in [0.05, 0.1) is 55.0 Å². The molecule has 0 radical (unpaired) electrons. The van der Waals surface area contributed by atoms with Crippen LogP contribution < -0.4 is 4.74 Å². The number of nitrogens with zero attached hydrogens (tertiary/aromatic N) is 8. The second kappa shape index (κ2) is 8.90. The number of hydrogen-bond acceptors (Lipinski definition) is 7. The third-order valence-corrected chi connectivity index (χ3v) is 6.38. The van der Waals surface area contributed by atoms with Gasteiger partial charge in [0, 0.05) is 31.7 Å². The third kappa shape index (κ3) is 4.14. The molecule has 5 rings (SSSR count). The summed E-state index contributed by atoms with van der Waals surface area (Å²) in [6.45, 7) is 2.36. The van der Waals surface area contributed by atoms with Gasteiger partial charge in [-0.25, -0.2) is 18.6 Å². The lowest BCUT2D eigenvalue weighted by Gasteiger charge is -2.42. The van der Waals surface area contributed by atoms with Crippen LogP contribution in [-0.4, -0.2) is 74.4 Å². The molecule has 2 amide bonds. The molecule has 12 heteroatoms. The van der Waals surface area contributed by atoms with Crippen LogP contribution in [0.2, 0.25) is 0 Å². The number of dihydropyridines is 1. The molecule has 2 aromatic heterocycles. The van der Waals surface area contributed by atoms with Gasteiger partial charge >= 0.3 is 6.03 Å². The average molecular weight is 480 g/mol. The number of carbonyl (C=O) groups is 1. The number of ether oxygens (including phenoxy) is 1. The zero-order valence-electron chi connectivity index (χ0n) is 19.0. The molecule has 5 heterocycles. The van der Waals surface area contributed by atoms with Crippen LogP contribution in [0.4, 0.5) is 13.6 Å². The minimum atomic E-state index is -0.649. The smallest absolute Gasteiger partial charge is 0.340 e. The maximum Gasteiger partial charge on any atom is 0.340 e. The topological polar surface area (TPSA) is 112 Å². The van der Waals surface area contributed by atoms with E-state index in [0.29, 0.717) is 23.4 Å². The average Bonchev–Trinajstić information content (AvgIpc) is 3.45. The summed E-state index contributed by atoms with van der Waals surface area (Å²) in [6.07, 6.45) is 6.86. The Labute approximate surface area is 199 Å². The first kappa shape index (κ1) is 22.6. The van der Waals surface area contributed by atoms with Crippen molar-refractivity contribution in [1.82, 2.24) is 24.7 Å². The molecule has 0 N–H and O–H groups in total. The van der Waals surface area contributed by atoms with Crippen molar-refractivity contribution in [2.24, 2.45) is 23.1 Å². The molecular weight excluding hydrogens is 458 g/mol. The number of allylic oxidation sites excluding steroid dienone is 1. The first-order valence-electron chi connectivity index (χ1n) is 11.1. The Morgan fingerprint density at radius 3 is 2.86 bits per heavy atom. The van der Waals surface area contributed by atoms with Gasteiger partial charge in [-0.3, -0.25) is 14.7 Å². The number of nitriles is 1. The Morgan fingerprint density at radius 1 is 1.29 bits per heavy atom. The van der Waals surface area contributed by atoms with Gasteiger partial charge in [-0.05, 0) is 13.0 Å². The Hall–Kier alpha value is -4.14. The summed E-state index contributed by atoms with van der Waals surface area (Å²) >= 11 is 0. The maximum absolute atomic E-state index is 14.4. The first-order chi connectivity index (χ1) is 16.9. The number of aryl methyl sites for hydroxylation is 1. The van der Waals surface area contributed by atoms with Crippen molar-refractivity contribution >= 4 is 18.5 Å². The number of aliphatic imine (C=N–C) groups is 1. The Morgan fingerprint density at radius 2 is 2.09 bits per heavy atom. The largest absolute Gasteiger partial charge is 0.483 e. The minimum Gasteiger partial charge on any atom is -0.483 e. The van der Waals surface area contributed by atoms with Crippen LogP contribution >= 0.6 is 0 Å². The van der Waals surface area contributed by atoms with Gasteiger partial charge in [-0.2, -0.15) is 15.5 Å². The number of rotatable bonds is 4. The number of hydrogen-bond donors (Lipinski definition) is 0. The summed E-state index contributed by atoms with van der Waals surface area (Å²) < 4.78 is 35.5. The SMILES string of the molecule is CC1N=CC(F)=CC1[C@@H]1CC=NN1C(=O)N1CC(Oc2cc(-c3c(C#N)cnn3C)ncc2F)C1. The van der Waals surface area contributed by atoms with E-state index < -0.39 is 17.7 Å². The fraction of sp³-hybridized carbons (Fsp3) is 0.391. The molecule has 3 atom stereocenters. The molecule has 3 aliphatic heterocycles. The van der Waals surface area contributed by atoms with E-state index >= 15 is 0 Å². The normalized spacial score (nSPS) is 23.7. The van der Waals surface area contributed by atoms with Crippen molar-refractivity contribution in [2.45, 2.75) is 31.5 Å². The lowest BCUT2D eigenvalue weighted by atomic mass is 9.89. The third-order valence-electron chi connectivity index (χ3n) is 6.38.